The Morgan fingerprint density at radius 1 is 1.47 bits per heavy atom. The van der Waals surface area contributed by atoms with Crippen molar-refractivity contribution < 1.29 is 15.0 Å². The van der Waals surface area contributed by atoms with Crippen LogP contribution < -0.4 is 5.73 Å². The van der Waals surface area contributed by atoms with Crippen LogP contribution in [0.5, 0.6) is 5.75 Å². The third kappa shape index (κ3) is 2.20. The number of benzene rings is 1. The van der Waals surface area contributed by atoms with Gasteiger partial charge in [-0.2, -0.15) is 5.10 Å². The van der Waals surface area contributed by atoms with Gasteiger partial charge in [-0.1, -0.05) is 6.07 Å². The summed E-state index contributed by atoms with van der Waals surface area (Å²) in [6.45, 7) is 0. The molecule has 0 radical (unpaired) electrons. The molecule has 0 saturated heterocycles. The fourth-order valence-corrected chi connectivity index (χ4v) is 1.52. The zero-order valence-corrected chi connectivity index (χ0v) is 8.87. The van der Waals surface area contributed by atoms with Crippen molar-refractivity contribution in [2.24, 2.45) is 0 Å². The second-order valence-electron chi connectivity index (χ2n) is 3.56. The summed E-state index contributed by atoms with van der Waals surface area (Å²) in [6, 6.07) is 6.39. The SMILES string of the molecule is Nc1c(CC(=O)O)cnn1-c1cccc(O)c1. The van der Waals surface area contributed by atoms with E-state index in [4.69, 9.17) is 10.8 Å². The smallest absolute Gasteiger partial charge is 0.308 e. The number of carbonyl (C=O) groups is 1. The summed E-state index contributed by atoms with van der Waals surface area (Å²) in [5.41, 5.74) is 6.82. The van der Waals surface area contributed by atoms with Crippen LogP contribution in [-0.4, -0.2) is 26.0 Å². The molecule has 0 aliphatic carbocycles. The number of nitrogens with zero attached hydrogens (tertiary/aromatic N) is 2. The van der Waals surface area contributed by atoms with Gasteiger partial charge in [0.15, 0.2) is 0 Å². The number of hydrogen-bond acceptors (Lipinski definition) is 4. The maximum absolute atomic E-state index is 10.6. The average Bonchev–Trinajstić information content (AvgIpc) is 2.60. The Morgan fingerprint density at radius 2 is 2.24 bits per heavy atom. The first-order valence-electron chi connectivity index (χ1n) is 4.91. The highest BCUT2D eigenvalue weighted by atomic mass is 16.4. The quantitative estimate of drug-likeness (QED) is 0.727. The summed E-state index contributed by atoms with van der Waals surface area (Å²) < 4.78 is 1.39. The lowest BCUT2D eigenvalue weighted by Crippen LogP contribution is -2.05. The van der Waals surface area contributed by atoms with E-state index < -0.39 is 5.97 Å². The number of rotatable bonds is 3. The molecule has 2 aromatic rings. The van der Waals surface area contributed by atoms with E-state index in [1.54, 1.807) is 12.1 Å². The van der Waals surface area contributed by atoms with Gasteiger partial charge in [0.2, 0.25) is 0 Å². The van der Waals surface area contributed by atoms with Crippen LogP contribution in [0, 0.1) is 0 Å². The lowest BCUT2D eigenvalue weighted by Gasteiger charge is -2.04. The third-order valence-corrected chi connectivity index (χ3v) is 2.30. The number of anilines is 1. The maximum Gasteiger partial charge on any atom is 0.308 e. The maximum atomic E-state index is 10.6. The Kier molecular flexibility index (Phi) is 2.70. The summed E-state index contributed by atoms with van der Waals surface area (Å²) >= 11 is 0. The fraction of sp³-hybridized carbons (Fsp3) is 0.0909. The van der Waals surface area contributed by atoms with E-state index in [1.807, 2.05) is 0 Å². The molecule has 0 saturated carbocycles. The van der Waals surface area contributed by atoms with Crippen molar-refractivity contribution >= 4 is 11.8 Å². The monoisotopic (exact) mass is 233 g/mol. The molecule has 6 heteroatoms. The summed E-state index contributed by atoms with van der Waals surface area (Å²) in [4.78, 5) is 10.6. The van der Waals surface area contributed by atoms with Crippen LogP contribution in [0.2, 0.25) is 0 Å². The number of hydrogen-bond donors (Lipinski definition) is 3. The number of nitrogens with two attached hydrogens (primary N) is 1. The van der Waals surface area contributed by atoms with E-state index in [0.717, 1.165) is 0 Å². The van der Waals surface area contributed by atoms with E-state index in [9.17, 15) is 9.90 Å². The first-order valence-corrected chi connectivity index (χ1v) is 4.91. The van der Waals surface area contributed by atoms with Gasteiger partial charge in [-0.3, -0.25) is 4.79 Å². The standard InChI is InChI=1S/C11H11N3O3/c12-11-7(4-10(16)17)6-13-14(11)8-2-1-3-9(15)5-8/h1-3,5-6,15H,4,12H2,(H,16,17). The summed E-state index contributed by atoms with van der Waals surface area (Å²) in [7, 11) is 0. The Bertz CT molecular complexity index is 563. The van der Waals surface area contributed by atoms with E-state index in [0.29, 0.717) is 11.3 Å². The first kappa shape index (κ1) is 11.0. The normalized spacial score (nSPS) is 10.4. The van der Waals surface area contributed by atoms with Crippen LogP contribution in [0.3, 0.4) is 0 Å². The topological polar surface area (TPSA) is 101 Å². The summed E-state index contributed by atoms with van der Waals surface area (Å²) in [6.07, 6.45) is 1.23. The van der Waals surface area contributed by atoms with Crippen LogP contribution in [0.15, 0.2) is 30.5 Å². The molecular weight excluding hydrogens is 222 g/mol. The minimum absolute atomic E-state index is 0.0946. The van der Waals surface area contributed by atoms with E-state index in [2.05, 4.69) is 5.10 Å². The molecule has 0 atom stereocenters. The number of aliphatic carboxylic acids is 1. The number of carboxylic acid groups (broad SMARTS) is 1. The fourth-order valence-electron chi connectivity index (χ4n) is 1.52. The molecule has 1 heterocycles. The van der Waals surface area contributed by atoms with Gasteiger partial charge in [0.05, 0.1) is 18.3 Å². The molecule has 88 valence electrons. The number of carboxylic acids is 1. The van der Waals surface area contributed by atoms with Crippen molar-refractivity contribution in [3.8, 4) is 11.4 Å². The van der Waals surface area contributed by atoms with Gasteiger partial charge in [0, 0.05) is 11.6 Å². The molecule has 0 fully saturated rings. The molecule has 17 heavy (non-hydrogen) atoms. The molecule has 0 unspecified atom stereocenters. The van der Waals surface area contributed by atoms with Crippen molar-refractivity contribution in [2.75, 3.05) is 5.73 Å². The lowest BCUT2D eigenvalue weighted by molar-refractivity contribution is -0.136. The minimum atomic E-state index is -0.966. The highest BCUT2D eigenvalue weighted by molar-refractivity contribution is 5.72. The average molecular weight is 233 g/mol. The van der Waals surface area contributed by atoms with Crippen LogP contribution in [0.1, 0.15) is 5.56 Å². The molecule has 2 rings (SSSR count). The molecular formula is C11H11N3O3. The highest BCUT2D eigenvalue weighted by Crippen LogP contribution is 2.20. The Balaban J connectivity index is 2.40. The third-order valence-electron chi connectivity index (χ3n) is 2.30. The second kappa shape index (κ2) is 4.17. The van der Waals surface area contributed by atoms with Gasteiger partial charge >= 0.3 is 5.97 Å². The van der Waals surface area contributed by atoms with Crippen LogP contribution >= 0.6 is 0 Å². The highest BCUT2D eigenvalue weighted by Gasteiger charge is 2.11. The van der Waals surface area contributed by atoms with Crippen molar-refractivity contribution in [3.63, 3.8) is 0 Å². The minimum Gasteiger partial charge on any atom is -0.508 e. The largest absolute Gasteiger partial charge is 0.508 e. The first-order chi connectivity index (χ1) is 8.08. The Morgan fingerprint density at radius 3 is 2.88 bits per heavy atom. The number of aromatic hydroxyl groups is 1. The zero-order chi connectivity index (χ0) is 12.4. The lowest BCUT2D eigenvalue weighted by atomic mass is 10.2. The van der Waals surface area contributed by atoms with Crippen molar-refractivity contribution in [2.45, 2.75) is 6.42 Å². The molecule has 4 N–H and O–H groups in total. The van der Waals surface area contributed by atoms with Gasteiger partial charge in [-0.05, 0) is 12.1 Å². The van der Waals surface area contributed by atoms with E-state index >= 15 is 0 Å². The van der Waals surface area contributed by atoms with Crippen LogP contribution in [0.25, 0.3) is 5.69 Å². The van der Waals surface area contributed by atoms with Crippen molar-refractivity contribution in [1.82, 2.24) is 9.78 Å². The number of nitrogen functional groups attached to an aromatic ring is 1. The van der Waals surface area contributed by atoms with Gasteiger partial charge < -0.3 is 15.9 Å². The summed E-state index contributed by atoms with van der Waals surface area (Å²) in [5, 5.41) is 22.0. The van der Waals surface area contributed by atoms with E-state index in [1.165, 1.54) is 23.0 Å². The van der Waals surface area contributed by atoms with Crippen molar-refractivity contribution in [1.29, 1.82) is 0 Å². The molecule has 0 aliphatic heterocycles. The number of aromatic nitrogens is 2. The molecule has 1 aromatic heterocycles. The number of phenols is 1. The number of phenolic OH excluding ortho intramolecular Hbond substituents is 1. The second-order valence-corrected chi connectivity index (χ2v) is 3.56. The zero-order valence-electron chi connectivity index (χ0n) is 8.87. The van der Waals surface area contributed by atoms with Gasteiger partial charge in [-0.25, -0.2) is 4.68 Å². The molecule has 0 amide bonds. The predicted molar refractivity (Wildman–Crippen MR) is 61.0 cm³/mol. The van der Waals surface area contributed by atoms with Crippen molar-refractivity contribution in [3.05, 3.63) is 36.0 Å². The van der Waals surface area contributed by atoms with Crippen LogP contribution in [-0.2, 0) is 11.2 Å². The molecule has 6 nitrogen and oxygen atoms in total. The predicted octanol–water partition coefficient (Wildman–Crippen LogP) is 0.787. The molecule has 0 aliphatic rings. The van der Waals surface area contributed by atoms with E-state index in [-0.39, 0.29) is 18.0 Å². The van der Waals surface area contributed by atoms with Gasteiger partial charge in [-0.15, -0.1) is 0 Å². The molecule has 0 bridgehead atoms. The molecule has 1 aromatic carbocycles. The van der Waals surface area contributed by atoms with Gasteiger partial charge in [0.25, 0.3) is 0 Å². The summed E-state index contributed by atoms with van der Waals surface area (Å²) in [5.74, 6) is -0.609. The van der Waals surface area contributed by atoms with Gasteiger partial charge in [0.1, 0.15) is 11.6 Å². The Hall–Kier alpha value is -2.50. The Labute approximate surface area is 96.9 Å². The molecule has 0 spiro atoms. The van der Waals surface area contributed by atoms with Crippen LogP contribution in [0.4, 0.5) is 5.82 Å².